The fraction of sp³-hybridized carbons (Fsp3) is 0.393. The highest BCUT2D eigenvalue weighted by Gasteiger charge is 2.45. The number of likely N-dealkylation sites (tertiary alicyclic amines) is 1. The van der Waals surface area contributed by atoms with Crippen LogP contribution in [-0.4, -0.2) is 61.3 Å². The molecule has 5 rings (SSSR count). The molecule has 2 aliphatic rings. The monoisotopic (exact) mass is 579 g/mol. The maximum absolute atomic E-state index is 13.1. The molecule has 42 heavy (non-hydrogen) atoms. The lowest BCUT2D eigenvalue weighted by Crippen LogP contribution is -2.59. The third kappa shape index (κ3) is 6.28. The summed E-state index contributed by atoms with van der Waals surface area (Å²) < 4.78 is 23.4. The standard InChI is InChI=1S/C28H34FN9O4/c1-27(2,3)42-26(40)37-10-8-28(9-11-37)25(39)33-21-7-5-17(12-22(21)34-28)20(30)16-38(31)15-19-6-4-18(14-32-19)24-36-35-23(13-29)41-24/h4-7,12,14,16,34H,8-11,13,15,30-31H2,1-3H3,(H,33,39)/b20-16-. The van der Waals surface area contributed by atoms with E-state index in [1.54, 1.807) is 41.6 Å². The highest BCUT2D eigenvalue weighted by Crippen LogP contribution is 2.38. The van der Waals surface area contributed by atoms with Gasteiger partial charge < -0.3 is 35.4 Å². The maximum Gasteiger partial charge on any atom is 0.410 e. The van der Waals surface area contributed by atoms with Gasteiger partial charge in [-0.05, 0) is 57.9 Å². The minimum Gasteiger partial charge on any atom is -0.444 e. The highest BCUT2D eigenvalue weighted by molar-refractivity contribution is 6.06. The molecule has 0 atom stereocenters. The average Bonchev–Trinajstić information content (AvgIpc) is 3.43. The molecule has 222 valence electrons. The number of pyridine rings is 1. The zero-order valence-corrected chi connectivity index (χ0v) is 23.7. The van der Waals surface area contributed by atoms with Crippen molar-refractivity contribution in [1.29, 1.82) is 0 Å². The van der Waals surface area contributed by atoms with E-state index in [1.165, 1.54) is 5.01 Å². The van der Waals surface area contributed by atoms with Crippen molar-refractivity contribution < 1.29 is 23.1 Å². The average molecular weight is 580 g/mol. The van der Waals surface area contributed by atoms with Crippen molar-refractivity contribution in [2.24, 2.45) is 11.6 Å². The summed E-state index contributed by atoms with van der Waals surface area (Å²) in [7, 11) is 0. The molecule has 13 nitrogen and oxygen atoms in total. The van der Waals surface area contributed by atoms with Crippen molar-refractivity contribution in [3.8, 4) is 11.5 Å². The van der Waals surface area contributed by atoms with Crippen molar-refractivity contribution in [3.63, 3.8) is 0 Å². The number of aromatic nitrogens is 3. The van der Waals surface area contributed by atoms with Crippen molar-refractivity contribution in [1.82, 2.24) is 25.1 Å². The molecule has 1 saturated heterocycles. The fourth-order valence-corrected chi connectivity index (χ4v) is 4.80. The Balaban J connectivity index is 1.23. The van der Waals surface area contributed by atoms with Gasteiger partial charge in [0.05, 0.1) is 34.9 Å². The molecule has 14 heteroatoms. The summed E-state index contributed by atoms with van der Waals surface area (Å²) in [6.45, 7) is 5.67. The molecule has 2 aromatic heterocycles. The van der Waals surface area contributed by atoms with Crippen LogP contribution in [-0.2, 0) is 22.8 Å². The number of nitrogens with two attached hydrogens (primary N) is 2. The van der Waals surface area contributed by atoms with Crippen LogP contribution in [0.5, 0.6) is 0 Å². The maximum atomic E-state index is 13.1. The van der Waals surface area contributed by atoms with E-state index in [-0.39, 0.29) is 30.3 Å². The van der Waals surface area contributed by atoms with Gasteiger partial charge in [0.15, 0.2) is 6.67 Å². The molecule has 0 bridgehead atoms. The van der Waals surface area contributed by atoms with Crippen LogP contribution >= 0.6 is 0 Å². The van der Waals surface area contributed by atoms with Gasteiger partial charge in [-0.2, -0.15) is 0 Å². The first-order valence-corrected chi connectivity index (χ1v) is 13.5. The number of alkyl halides is 1. The molecule has 3 aromatic rings. The lowest BCUT2D eigenvalue weighted by Gasteiger charge is -2.44. The Labute approximate surface area is 242 Å². The summed E-state index contributed by atoms with van der Waals surface area (Å²) in [6.07, 6.45) is 3.62. The first-order chi connectivity index (χ1) is 19.9. The number of hydrogen-bond acceptors (Lipinski definition) is 11. The van der Waals surface area contributed by atoms with E-state index in [0.717, 1.165) is 5.69 Å². The number of hydrazine groups is 1. The summed E-state index contributed by atoms with van der Waals surface area (Å²) in [4.78, 5) is 31.6. The second-order valence-electron chi connectivity index (χ2n) is 11.3. The number of halogens is 1. The summed E-state index contributed by atoms with van der Waals surface area (Å²) in [6, 6.07) is 8.92. The first kappa shape index (κ1) is 28.8. The van der Waals surface area contributed by atoms with E-state index in [0.29, 0.717) is 54.1 Å². The number of nitrogens with zero attached hydrogens (tertiary/aromatic N) is 5. The van der Waals surface area contributed by atoms with E-state index in [2.05, 4.69) is 25.8 Å². The Kier molecular flexibility index (Phi) is 7.73. The minimum absolute atomic E-state index is 0.0960. The summed E-state index contributed by atoms with van der Waals surface area (Å²) in [5, 5.41) is 15.2. The highest BCUT2D eigenvalue weighted by atomic mass is 19.1. The second kappa shape index (κ2) is 11.3. The smallest absolute Gasteiger partial charge is 0.410 e. The van der Waals surface area contributed by atoms with Gasteiger partial charge in [-0.3, -0.25) is 9.78 Å². The van der Waals surface area contributed by atoms with E-state index < -0.39 is 17.8 Å². The van der Waals surface area contributed by atoms with Gasteiger partial charge in [0.25, 0.3) is 0 Å². The van der Waals surface area contributed by atoms with Crippen molar-refractivity contribution in [3.05, 3.63) is 59.9 Å². The van der Waals surface area contributed by atoms with Crippen LogP contribution in [0.4, 0.5) is 20.6 Å². The number of carbonyl (C=O) groups excluding carboxylic acids is 2. The van der Waals surface area contributed by atoms with Crippen LogP contribution in [0.25, 0.3) is 17.2 Å². The molecule has 2 amide bonds. The summed E-state index contributed by atoms with van der Waals surface area (Å²) >= 11 is 0. The number of anilines is 2. The lowest BCUT2D eigenvalue weighted by atomic mass is 9.84. The number of rotatable bonds is 6. The molecule has 0 aliphatic carbocycles. The normalized spacial score (nSPS) is 16.5. The number of ether oxygens (including phenoxy) is 1. The van der Waals surface area contributed by atoms with Crippen molar-refractivity contribution >= 4 is 29.1 Å². The Morgan fingerprint density at radius 2 is 1.98 bits per heavy atom. The van der Waals surface area contributed by atoms with Crippen LogP contribution in [0, 0.1) is 0 Å². The summed E-state index contributed by atoms with van der Waals surface area (Å²) in [5.74, 6) is 6.15. The second-order valence-corrected chi connectivity index (χ2v) is 11.3. The number of carbonyl (C=O) groups is 2. The van der Waals surface area contributed by atoms with Gasteiger partial charge in [0.1, 0.15) is 11.1 Å². The van der Waals surface area contributed by atoms with E-state index in [9.17, 15) is 14.0 Å². The lowest BCUT2D eigenvalue weighted by molar-refractivity contribution is -0.122. The van der Waals surface area contributed by atoms with Crippen molar-refractivity contribution in [2.45, 2.75) is 58.0 Å². The Morgan fingerprint density at radius 3 is 2.62 bits per heavy atom. The number of hydrogen-bond donors (Lipinski definition) is 4. The van der Waals surface area contributed by atoms with Gasteiger partial charge >= 0.3 is 6.09 Å². The first-order valence-electron chi connectivity index (χ1n) is 13.5. The largest absolute Gasteiger partial charge is 0.444 e. The molecular formula is C28H34FN9O4. The summed E-state index contributed by atoms with van der Waals surface area (Å²) in [5.41, 5.74) is 8.65. The quantitative estimate of drug-likeness (QED) is 0.249. The molecule has 0 radical (unpaired) electrons. The fourth-order valence-electron chi connectivity index (χ4n) is 4.80. The number of benzene rings is 1. The van der Waals surface area contributed by atoms with Crippen LogP contribution in [0.3, 0.4) is 0 Å². The molecule has 1 aromatic carbocycles. The zero-order chi connectivity index (χ0) is 30.1. The van der Waals surface area contributed by atoms with Gasteiger partial charge in [0, 0.05) is 31.0 Å². The molecule has 0 unspecified atom stereocenters. The van der Waals surface area contributed by atoms with E-state index >= 15 is 0 Å². The third-order valence-electron chi connectivity index (χ3n) is 6.98. The number of fused-ring (bicyclic) bond motifs is 1. The zero-order valence-electron chi connectivity index (χ0n) is 23.7. The SMILES string of the molecule is CC(C)(C)OC(=O)N1CCC2(CC1)Nc1cc(/C(N)=C/N(N)Cc3ccc(-c4nnc(CF)o4)cn3)ccc1NC2=O. The molecule has 1 fully saturated rings. The molecule has 6 N–H and O–H groups in total. The van der Waals surface area contributed by atoms with Crippen LogP contribution in [0.2, 0.25) is 0 Å². The third-order valence-corrected chi connectivity index (χ3v) is 6.98. The number of piperidine rings is 1. The van der Waals surface area contributed by atoms with Crippen LogP contribution < -0.4 is 22.2 Å². The Hall–Kier alpha value is -4.72. The van der Waals surface area contributed by atoms with E-state index in [1.807, 2.05) is 26.8 Å². The van der Waals surface area contributed by atoms with Crippen LogP contribution in [0.15, 0.2) is 47.1 Å². The Morgan fingerprint density at radius 1 is 1.21 bits per heavy atom. The topological polar surface area (TPSA) is 178 Å². The van der Waals surface area contributed by atoms with Crippen molar-refractivity contribution in [2.75, 3.05) is 23.7 Å². The minimum atomic E-state index is -0.852. The number of amides is 2. The molecular weight excluding hydrogens is 545 g/mol. The molecule has 1 spiro atoms. The van der Waals surface area contributed by atoms with Gasteiger partial charge in [0.2, 0.25) is 17.7 Å². The van der Waals surface area contributed by atoms with Gasteiger partial charge in [-0.15, -0.1) is 10.2 Å². The van der Waals surface area contributed by atoms with E-state index in [4.69, 9.17) is 20.7 Å². The molecule has 2 aliphatic heterocycles. The molecule has 0 saturated carbocycles. The number of nitrogens with one attached hydrogen (secondary N) is 2. The predicted molar refractivity (Wildman–Crippen MR) is 153 cm³/mol. The predicted octanol–water partition coefficient (Wildman–Crippen LogP) is 3.37. The molecule has 4 heterocycles. The van der Waals surface area contributed by atoms with Gasteiger partial charge in [-0.25, -0.2) is 15.0 Å². The Bertz CT molecular complexity index is 1490. The van der Waals surface area contributed by atoms with Crippen LogP contribution in [0.1, 0.15) is 50.8 Å². The van der Waals surface area contributed by atoms with Gasteiger partial charge in [-0.1, -0.05) is 6.07 Å².